The third kappa shape index (κ3) is 3.07. The molecule has 1 aromatic carbocycles. The summed E-state index contributed by atoms with van der Waals surface area (Å²) < 4.78 is 19.1. The van der Waals surface area contributed by atoms with E-state index in [4.69, 9.17) is 15.7 Å². The van der Waals surface area contributed by atoms with Gasteiger partial charge in [-0.1, -0.05) is 5.16 Å². The average molecular weight is 346 g/mol. The molecule has 0 radical (unpaired) electrons. The molecule has 1 unspecified atom stereocenters. The average Bonchev–Trinajstić information content (AvgIpc) is 2.48. The fourth-order valence-electron chi connectivity index (χ4n) is 1.91. The van der Waals surface area contributed by atoms with Gasteiger partial charge in [0, 0.05) is 11.0 Å². The molecule has 108 valence electrons. The monoisotopic (exact) mass is 345 g/mol. The Labute approximate surface area is 123 Å². The first-order valence-electron chi connectivity index (χ1n) is 5.86. The predicted octanol–water partition coefficient (Wildman–Crippen LogP) is 1.18. The summed E-state index contributed by atoms with van der Waals surface area (Å²) >= 11 is 3.22. The van der Waals surface area contributed by atoms with Crippen LogP contribution < -0.4 is 5.73 Å². The number of oxime groups is 1. The molecule has 1 heterocycles. The van der Waals surface area contributed by atoms with Crippen molar-refractivity contribution in [3.63, 3.8) is 0 Å². The molecule has 3 N–H and O–H groups in total. The molecule has 0 aromatic heterocycles. The number of rotatable bonds is 2. The van der Waals surface area contributed by atoms with Crippen LogP contribution >= 0.6 is 15.9 Å². The van der Waals surface area contributed by atoms with Gasteiger partial charge in [-0.25, -0.2) is 4.39 Å². The minimum Gasteiger partial charge on any atom is -0.409 e. The Balaban J connectivity index is 2.18. The highest BCUT2D eigenvalue weighted by Gasteiger charge is 2.28. The highest BCUT2D eigenvalue weighted by molar-refractivity contribution is 9.10. The van der Waals surface area contributed by atoms with Crippen LogP contribution in [-0.2, 0) is 4.74 Å². The molecule has 0 saturated carbocycles. The summed E-state index contributed by atoms with van der Waals surface area (Å²) in [6.45, 7) is 0.772. The maximum Gasteiger partial charge on any atom is 0.255 e. The lowest BCUT2D eigenvalue weighted by Crippen LogP contribution is -2.50. The molecule has 1 aliphatic heterocycles. The molecule has 1 amide bonds. The number of amidine groups is 1. The second kappa shape index (κ2) is 6.19. The van der Waals surface area contributed by atoms with Crippen LogP contribution in [0, 0.1) is 5.82 Å². The van der Waals surface area contributed by atoms with E-state index in [0.29, 0.717) is 11.0 Å². The van der Waals surface area contributed by atoms with Crippen LogP contribution in [0.5, 0.6) is 0 Å². The van der Waals surface area contributed by atoms with Crippen LogP contribution in [-0.4, -0.2) is 47.7 Å². The van der Waals surface area contributed by atoms with Crippen molar-refractivity contribution in [2.45, 2.75) is 6.10 Å². The molecular weight excluding hydrogens is 333 g/mol. The summed E-state index contributed by atoms with van der Waals surface area (Å²) in [7, 11) is 0. The minimum absolute atomic E-state index is 0.0965. The zero-order chi connectivity index (χ0) is 14.7. The third-order valence-corrected chi connectivity index (χ3v) is 3.65. The van der Waals surface area contributed by atoms with Crippen molar-refractivity contribution in [2.75, 3.05) is 19.7 Å². The van der Waals surface area contributed by atoms with Gasteiger partial charge in [-0.05, 0) is 34.1 Å². The molecule has 1 saturated heterocycles. The molecule has 8 heteroatoms. The van der Waals surface area contributed by atoms with E-state index in [2.05, 4.69) is 21.1 Å². The number of morpholine rings is 1. The van der Waals surface area contributed by atoms with Gasteiger partial charge in [0.2, 0.25) is 0 Å². The maximum atomic E-state index is 13.2. The lowest BCUT2D eigenvalue weighted by atomic mass is 10.1. The van der Waals surface area contributed by atoms with Gasteiger partial charge in [0.05, 0.1) is 18.7 Å². The Kier molecular flexibility index (Phi) is 4.56. The third-order valence-electron chi connectivity index (χ3n) is 2.96. The zero-order valence-electron chi connectivity index (χ0n) is 10.4. The van der Waals surface area contributed by atoms with Crippen LogP contribution in [0.3, 0.4) is 0 Å². The van der Waals surface area contributed by atoms with Gasteiger partial charge in [0.25, 0.3) is 5.91 Å². The molecule has 0 spiro atoms. The van der Waals surface area contributed by atoms with Crippen LogP contribution in [0.2, 0.25) is 0 Å². The first-order chi connectivity index (χ1) is 9.52. The number of carbonyl (C=O) groups is 1. The van der Waals surface area contributed by atoms with Gasteiger partial charge >= 0.3 is 0 Å². The number of hydrogen-bond donors (Lipinski definition) is 2. The van der Waals surface area contributed by atoms with Crippen molar-refractivity contribution < 1.29 is 19.1 Å². The maximum absolute atomic E-state index is 13.2. The Morgan fingerprint density at radius 2 is 2.35 bits per heavy atom. The van der Waals surface area contributed by atoms with E-state index in [1.807, 2.05) is 0 Å². The number of ether oxygens (including phenoxy) is 1. The van der Waals surface area contributed by atoms with Crippen molar-refractivity contribution in [3.8, 4) is 0 Å². The van der Waals surface area contributed by atoms with E-state index in [-0.39, 0.29) is 30.5 Å². The van der Waals surface area contributed by atoms with Crippen LogP contribution in [0.15, 0.2) is 27.8 Å². The molecule has 1 aliphatic rings. The Hall–Kier alpha value is -1.67. The van der Waals surface area contributed by atoms with Crippen molar-refractivity contribution in [3.05, 3.63) is 34.1 Å². The molecule has 6 nitrogen and oxygen atoms in total. The topological polar surface area (TPSA) is 88.2 Å². The van der Waals surface area contributed by atoms with Crippen molar-refractivity contribution in [1.29, 1.82) is 0 Å². The van der Waals surface area contributed by atoms with E-state index < -0.39 is 11.9 Å². The molecule has 1 atom stereocenters. The number of amides is 1. The van der Waals surface area contributed by atoms with Gasteiger partial charge in [-0.15, -0.1) is 0 Å². The second-order valence-corrected chi connectivity index (χ2v) is 5.11. The standard InChI is InChI=1S/C12H13BrFN3O3/c13-9-2-1-7(14)5-8(9)12(18)17-3-4-20-10(6-17)11(15)16-19/h1-2,5,10,19H,3-4,6H2,(H2,15,16). The summed E-state index contributed by atoms with van der Waals surface area (Å²) in [4.78, 5) is 13.8. The van der Waals surface area contributed by atoms with Gasteiger partial charge in [-0.3, -0.25) is 4.79 Å². The number of carbonyl (C=O) groups excluding carboxylic acids is 1. The minimum atomic E-state index is -0.662. The number of benzene rings is 1. The largest absolute Gasteiger partial charge is 0.409 e. The number of halogens is 2. The quantitative estimate of drug-likeness (QED) is 0.364. The van der Waals surface area contributed by atoms with Crippen LogP contribution in [0.4, 0.5) is 4.39 Å². The number of nitrogens with zero attached hydrogens (tertiary/aromatic N) is 2. The highest BCUT2D eigenvalue weighted by Crippen LogP contribution is 2.21. The summed E-state index contributed by atoms with van der Waals surface area (Å²) in [5.41, 5.74) is 5.70. The van der Waals surface area contributed by atoms with E-state index in [1.54, 1.807) is 0 Å². The SMILES string of the molecule is NC(=NO)C1CN(C(=O)c2cc(F)ccc2Br)CCO1. The Bertz CT molecular complexity index is 553. The lowest BCUT2D eigenvalue weighted by Gasteiger charge is -2.32. The summed E-state index contributed by atoms with van der Waals surface area (Å²) in [5, 5.41) is 11.5. The van der Waals surface area contributed by atoms with Gasteiger partial charge in [0.15, 0.2) is 5.84 Å². The first-order valence-corrected chi connectivity index (χ1v) is 6.65. The van der Waals surface area contributed by atoms with Crippen molar-refractivity contribution in [2.24, 2.45) is 10.9 Å². The normalized spacial score (nSPS) is 20.0. The molecular formula is C12H13BrFN3O3. The molecule has 0 aliphatic carbocycles. The molecule has 20 heavy (non-hydrogen) atoms. The van der Waals surface area contributed by atoms with E-state index in [9.17, 15) is 9.18 Å². The van der Waals surface area contributed by atoms with Gasteiger partial charge < -0.3 is 20.6 Å². The van der Waals surface area contributed by atoms with Crippen molar-refractivity contribution >= 4 is 27.7 Å². The van der Waals surface area contributed by atoms with E-state index in [1.165, 1.54) is 23.1 Å². The van der Waals surface area contributed by atoms with Gasteiger partial charge in [0.1, 0.15) is 11.9 Å². The second-order valence-electron chi connectivity index (χ2n) is 4.26. The zero-order valence-corrected chi connectivity index (χ0v) is 12.0. The molecule has 2 rings (SSSR count). The summed E-state index contributed by atoms with van der Waals surface area (Å²) in [5.74, 6) is -0.922. The molecule has 1 aromatic rings. The number of nitrogens with two attached hydrogens (primary N) is 1. The fourth-order valence-corrected chi connectivity index (χ4v) is 2.33. The molecule has 0 bridgehead atoms. The Morgan fingerprint density at radius 3 is 3.05 bits per heavy atom. The highest BCUT2D eigenvalue weighted by atomic mass is 79.9. The smallest absolute Gasteiger partial charge is 0.255 e. The van der Waals surface area contributed by atoms with Crippen molar-refractivity contribution in [1.82, 2.24) is 4.90 Å². The Morgan fingerprint density at radius 1 is 1.60 bits per heavy atom. The molecule has 1 fully saturated rings. The predicted molar refractivity (Wildman–Crippen MR) is 73.2 cm³/mol. The van der Waals surface area contributed by atoms with Crippen LogP contribution in [0.1, 0.15) is 10.4 Å². The van der Waals surface area contributed by atoms with E-state index in [0.717, 1.165) is 0 Å². The van der Waals surface area contributed by atoms with E-state index >= 15 is 0 Å². The summed E-state index contributed by atoms with van der Waals surface area (Å²) in [6.07, 6.45) is -0.662. The summed E-state index contributed by atoms with van der Waals surface area (Å²) in [6, 6.07) is 3.91. The van der Waals surface area contributed by atoms with Gasteiger partial charge in [-0.2, -0.15) is 0 Å². The fraction of sp³-hybridized carbons (Fsp3) is 0.333. The lowest BCUT2D eigenvalue weighted by molar-refractivity contribution is 0.00669. The first kappa shape index (κ1) is 14.7. The van der Waals surface area contributed by atoms with Crippen LogP contribution in [0.25, 0.3) is 0 Å². The number of hydrogen-bond acceptors (Lipinski definition) is 4.